The van der Waals surface area contributed by atoms with Crippen LogP contribution in [0.25, 0.3) is 5.32 Å². The average molecular weight is 269 g/mol. The Kier molecular flexibility index (Phi) is 13.3. The third-order valence-electron chi connectivity index (χ3n) is 1.35. The third kappa shape index (κ3) is 31.6. The molecular formula is C12H33LiN2Si2. The Balaban J connectivity index is -0.000000224. The standard InChI is InChI=1S/C6H19NSi2.C6H14N.Li/c1-8(2,3)7-9(4,5)6;1-5(2)7-6(3)4;/h7H,1-6H3;5-6H,1-4H3;/q;-1;+1. The third-order valence-corrected chi connectivity index (χ3v) is 7.35. The summed E-state index contributed by atoms with van der Waals surface area (Å²) in [7, 11) is -1.96. The van der Waals surface area contributed by atoms with E-state index in [4.69, 9.17) is 0 Å². The summed E-state index contributed by atoms with van der Waals surface area (Å²) in [4.78, 5) is 0. The number of nitrogens with zero attached hydrogens (tertiary/aromatic N) is 1. The monoisotopic (exact) mass is 268 g/mol. The van der Waals surface area contributed by atoms with Crippen LogP contribution in [0.2, 0.25) is 39.3 Å². The van der Waals surface area contributed by atoms with E-state index in [-0.39, 0.29) is 18.9 Å². The van der Waals surface area contributed by atoms with Gasteiger partial charge in [-0.05, 0) is 0 Å². The predicted molar refractivity (Wildman–Crippen MR) is 83.5 cm³/mol. The van der Waals surface area contributed by atoms with E-state index < -0.39 is 16.5 Å². The van der Waals surface area contributed by atoms with E-state index in [0.717, 1.165) is 0 Å². The van der Waals surface area contributed by atoms with E-state index in [2.05, 4.69) is 76.9 Å². The molecular weight excluding hydrogens is 235 g/mol. The molecule has 0 aromatic heterocycles. The van der Waals surface area contributed by atoms with Crippen molar-refractivity contribution in [2.24, 2.45) is 0 Å². The van der Waals surface area contributed by atoms with E-state index in [0.29, 0.717) is 12.1 Å². The number of hydrogen-bond donors (Lipinski definition) is 1. The second kappa shape index (κ2) is 9.83. The van der Waals surface area contributed by atoms with Crippen LogP contribution in [0.1, 0.15) is 27.7 Å². The summed E-state index contributed by atoms with van der Waals surface area (Å²) >= 11 is 0. The van der Waals surface area contributed by atoms with Gasteiger partial charge in [0.15, 0.2) is 0 Å². The van der Waals surface area contributed by atoms with Gasteiger partial charge in [0.2, 0.25) is 0 Å². The Morgan fingerprint density at radius 1 is 0.706 bits per heavy atom. The fourth-order valence-electron chi connectivity index (χ4n) is 1.72. The van der Waals surface area contributed by atoms with Crippen molar-refractivity contribution in [2.75, 3.05) is 0 Å². The van der Waals surface area contributed by atoms with E-state index in [9.17, 15) is 0 Å². The molecule has 0 saturated carbocycles. The molecule has 0 saturated heterocycles. The van der Waals surface area contributed by atoms with Crippen LogP contribution in [0.5, 0.6) is 0 Å². The molecule has 0 aliphatic heterocycles. The fraction of sp³-hybridized carbons (Fsp3) is 1.00. The summed E-state index contributed by atoms with van der Waals surface area (Å²) in [5.74, 6) is 0. The van der Waals surface area contributed by atoms with Crippen molar-refractivity contribution in [3.8, 4) is 0 Å². The molecule has 0 fully saturated rings. The van der Waals surface area contributed by atoms with E-state index in [1.165, 1.54) is 0 Å². The first-order valence-electron chi connectivity index (χ1n) is 6.33. The molecule has 0 aromatic carbocycles. The quantitative estimate of drug-likeness (QED) is 0.767. The zero-order chi connectivity index (χ0) is 13.6. The molecule has 17 heavy (non-hydrogen) atoms. The molecule has 0 rings (SSSR count). The van der Waals surface area contributed by atoms with Crippen LogP contribution in [0.3, 0.4) is 0 Å². The molecule has 1 N–H and O–H groups in total. The molecule has 2 nitrogen and oxygen atoms in total. The summed E-state index contributed by atoms with van der Waals surface area (Å²) < 4.78 is 3.74. The van der Waals surface area contributed by atoms with Gasteiger partial charge in [0.05, 0.1) is 0 Å². The molecule has 5 heteroatoms. The number of rotatable bonds is 4. The summed E-state index contributed by atoms with van der Waals surface area (Å²) in [5.41, 5.74) is 0. The Bertz CT molecular complexity index is 154. The summed E-state index contributed by atoms with van der Waals surface area (Å²) in [5, 5.41) is 4.28. The van der Waals surface area contributed by atoms with Crippen LogP contribution in [-0.4, -0.2) is 28.6 Å². The number of hydrogen-bond acceptors (Lipinski definition) is 1. The van der Waals surface area contributed by atoms with Crippen LogP contribution in [-0.2, 0) is 0 Å². The van der Waals surface area contributed by atoms with Gasteiger partial charge in [0.1, 0.15) is 16.5 Å². The second-order valence-corrected chi connectivity index (χ2v) is 17.0. The van der Waals surface area contributed by atoms with Crippen molar-refractivity contribution < 1.29 is 18.9 Å². The molecule has 0 bridgehead atoms. The molecule has 0 radical (unpaired) electrons. The summed E-state index contributed by atoms with van der Waals surface area (Å²) in [6, 6.07) is 1.000. The maximum absolute atomic E-state index is 4.28. The van der Waals surface area contributed by atoms with Crippen molar-refractivity contribution >= 4 is 16.5 Å². The molecule has 0 aliphatic rings. The first-order valence-corrected chi connectivity index (χ1v) is 13.3. The van der Waals surface area contributed by atoms with Gasteiger partial charge in [0, 0.05) is 0 Å². The summed E-state index contributed by atoms with van der Waals surface area (Å²) in [6.07, 6.45) is 0. The first kappa shape index (κ1) is 23.1. The molecule has 0 heterocycles. The maximum atomic E-state index is 4.28. The van der Waals surface area contributed by atoms with Crippen molar-refractivity contribution in [3.63, 3.8) is 0 Å². The predicted octanol–water partition coefficient (Wildman–Crippen LogP) is 1.43. The van der Waals surface area contributed by atoms with Gasteiger partial charge in [-0.2, -0.15) is 0 Å². The van der Waals surface area contributed by atoms with Gasteiger partial charge in [-0.15, -0.1) is 12.1 Å². The van der Waals surface area contributed by atoms with Gasteiger partial charge < -0.3 is 9.96 Å². The van der Waals surface area contributed by atoms with Crippen LogP contribution >= 0.6 is 0 Å². The van der Waals surface area contributed by atoms with Gasteiger partial charge in [-0.1, -0.05) is 67.0 Å². The average Bonchev–Trinajstić information content (AvgIpc) is 1.72. The molecule has 100 valence electrons. The molecule has 0 atom stereocenters. The van der Waals surface area contributed by atoms with Crippen LogP contribution in [0.15, 0.2) is 0 Å². The molecule has 0 spiro atoms. The van der Waals surface area contributed by atoms with Crippen molar-refractivity contribution in [1.82, 2.24) is 4.65 Å². The Labute approximate surface area is 124 Å². The normalized spacial score (nSPS) is 12.0. The minimum Gasteiger partial charge on any atom is -0.658 e. The molecule has 0 unspecified atom stereocenters. The molecule has 0 aliphatic carbocycles. The maximum Gasteiger partial charge on any atom is 1.00 e. The zero-order valence-electron chi connectivity index (χ0n) is 14.1. The minimum absolute atomic E-state index is 0. The van der Waals surface area contributed by atoms with Crippen LogP contribution in [0, 0.1) is 0 Å². The summed E-state index contributed by atoms with van der Waals surface area (Å²) in [6.45, 7) is 22.5. The fourth-order valence-corrected chi connectivity index (χ4v) is 10.7. The Morgan fingerprint density at radius 3 is 0.941 bits per heavy atom. The van der Waals surface area contributed by atoms with Crippen LogP contribution < -0.4 is 23.5 Å². The zero-order valence-corrected chi connectivity index (χ0v) is 16.1. The minimum atomic E-state index is -0.981. The van der Waals surface area contributed by atoms with E-state index in [1.807, 2.05) is 0 Å². The Hall–Kier alpha value is 0.951. The van der Waals surface area contributed by atoms with Gasteiger partial charge in [-0.25, -0.2) is 0 Å². The van der Waals surface area contributed by atoms with Gasteiger partial charge in [0.25, 0.3) is 0 Å². The van der Waals surface area contributed by atoms with Crippen LogP contribution in [0.4, 0.5) is 0 Å². The van der Waals surface area contributed by atoms with Crippen molar-refractivity contribution in [3.05, 3.63) is 5.32 Å². The second-order valence-electron chi connectivity index (χ2n) is 6.96. The largest absolute Gasteiger partial charge is 1.00 e. The topological polar surface area (TPSA) is 26.1 Å². The van der Waals surface area contributed by atoms with Crippen molar-refractivity contribution in [1.29, 1.82) is 0 Å². The number of nitrogens with one attached hydrogen (secondary N) is 1. The first-order chi connectivity index (χ1) is 6.83. The Morgan fingerprint density at radius 2 is 0.941 bits per heavy atom. The smallest absolute Gasteiger partial charge is 0.658 e. The van der Waals surface area contributed by atoms with E-state index in [1.54, 1.807) is 0 Å². The SMILES string of the molecule is CC(C)[N-]C(C)C.C[Si](C)(C)N[Si](C)(C)C.[Li+]. The van der Waals surface area contributed by atoms with Gasteiger partial charge in [-0.3, -0.25) is 0 Å². The molecule has 0 amide bonds. The molecule has 0 aromatic rings. The van der Waals surface area contributed by atoms with Crippen molar-refractivity contribution in [2.45, 2.75) is 79.1 Å². The van der Waals surface area contributed by atoms with E-state index >= 15 is 0 Å². The van der Waals surface area contributed by atoms with Gasteiger partial charge >= 0.3 is 18.9 Å².